The van der Waals surface area contributed by atoms with Crippen LogP contribution in [0.25, 0.3) is 0 Å². The lowest BCUT2D eigenvalue weighted by atomic mass is 10.3. The second-order valence-electron chi connectivity index (χ2n) is 3.07. The van der Waals surface area contributed by atoms with Crippen molar-refractivity contribution in [3.63, 3.8) is 0 Å². The summed E-state index contributed by atoms with van der Waals surface area (Å²) >= 11 is 5.51. The maximum atomic E-state index is 5.51. The molecule has 0 amide bonds. The average Bonchev–Trinajstić information content (AvgIpc) is 2.51. The van der Waals surface area contributed by atoms with Crippen molar-refractivity contribution in [3.8, 4) is 0 Å². The summed E-state index contributed by atoms with van der Waals surface area (Å²) in [5.74, 6) is 1.90. The van der Waals surface area contributed by atoms with Crippen molar-refractivity contribution < 1.29 is 4.42 Å². The Bertz CT molecular complexity index is 291. The minimum Gasteiger partial charge on any atom is -0.465 e. The predicted molar refractivity (Wildman–Crippen MR) is 54.8 cm³/mol. The summed E-state index contributed by atoms with van der Waals surface area (Å²) in [5, 5.41) is 3.22. The van der Waals surface area contributed by atoms with E-state index in [0.717, 1.165) is 30.2 Å². The first-order valence-electron chi connectivity index (χ1n) is 4.24. The summed E-state index contributed by atoms with van der Waals surface area (Å²) < 4.78 is 5.38. The van der Waals surface area contributed by atoms with E-state index in [-0.39, 0.29) is 0 Å². The van der Waals surface area contributed by atoms with Crippen molar-refractivity contribution in [3.05, 3.63) is 34.8 Å². The fourth-order valence-electron chi connectivity index (χ4n) is 1.00. The van der Waals surface area contributed by atoms with Crippen molar-refractivity contribution in [2.45, 2.75) is 20.4 Å². The molecule has 0 spiro atoms. The molecule has 0 atom stereocenters. The summed E-state index contributed by atoms with van der Waals surface area (Å²) in [5.41, 5.74) is 2.70. The molecule has 0 unspecified atom stereocenters. The number of hydrogen-bond donors (Lipinski definition) is 1. The Morgan fingerprint density at radius 1 is 1.62 bits per heavy atom. The number of hydrogen-bond acceptors (Lipinski definition) is 2. The minimum absolute atomic E-state index is 0.746. The molecule has 2 nitrogen and oxygen atoms in total. The van der Waals surface area contributed by atoms with E-state index in [9.17, 15) is 0 Å². The van der Waals surface area contributed by atoms with Crippen LogP contribution in [-0.2, 0) is 6.54 Å². The van der Waals surface area contributed by atoms with Gasteiger partial charge in [0, 0.05) is 12.1 Å². The lowest BCUT2D eigenvalue weighted by molar-refractivity contribution is 0.466. The molecule has 0 fully saturated rings. The van der Waals surface area contributed by atoms with Crippen LogP contribution in [0.5, 0.6) is 0 Å². The molecule has 0 aliphatic heterocycles. The van der Waals surface area contributed by atoms with E-state index in [0.29, 0.717) is 0 Å². The normalized spacial score (nSPS) is 12.1. The third-order valence-corrected chi connectivity index (χ3v) is 2.06. The summed E-state index contributed by atoms with van der Waals surface area (Å²) in [6.45, 7) is 5.46. The van der Waals surface area contributed by atoms with Crippen LogP contribution >= 0.6 is 11.6 Å². The molecule has 1 N–H and O–H groups in total. The standard InChI is InChI=1S/C10H14ClNO/c1-8(5-11)6-12-7-10-4-3-9(2)13-10/h3-5,12H,6-7H2,1-2H3/b8-5-. The predicted octanol–water partition coefficient (Wildman–Crippen LogP) is 2.82. The maximum Gasteiger partial charge on any atom is 0.117 e. The monoisotopic (exact) mass is 199 g/mol. The van der Waals surface area contributed by atoms with Crippen molar-refractivity contribution in [2.24, 2.45) is 0 Å². The van der Waals surface area contributed by atoms with Gasteiger partial charge in [-0.3, -0.25) is 0 Å². The van der Waals surface area contributed by atoms with Crippen LogP contribution in [0.2, 0.25) is 0 Å². The Morgan fingerprint density at radius 2 is 2.38 bits per heavy atom. The molecule has 1 aromatic heterocycles. The number of nitrogens with one attached hydrogen (secondary N) is 1. The lowest BCUT2D eigenvalue weighted by Crippen LogP contribution is -2.14. The highest BCUT2D eigenvalue weighted by Gasteiger charge is 1.97. The molecule has 72 valence electrons. The van der Waals surface area contributed by atoms with Crippen LogP contribution in [0.3, 0.4) is 0 Å². The summed E-state index contributed by atoms with van der Waals surface area (Å²) in [4.78, 5) is 0. The average molecular weight is 200 g/mol. The maximum absolute atomic E-state index is 5.51. The van der Waals surface area contributed by atoms with Crippen LogP contribution in [0, 0.1) is 6.92 Å². The molecule has 1 aromatic rings. The molecule has 13 heavy (non-hydrogen) atoms. The Balaban J connectivity index is 2.28. The third-order valence-electron chi connectivity index (χ3n) is 1.69. The van der Waals surface area contributed by atoms with Gasteiger partial charge < -0.3 is 9.73 Å². The van der Waals surface area contributed by atoms with Gasteiger partial charge in [0.15, 0.2) is 0 Å². The van der Waals surface area contributed by atoms with Gasteiger partial charge in [0.25, 0.3) is 0 Å². The highest BCUT2D eigenvalue weighted by atomic mass is 35.5. The Hall–Kier alpha value is -0.730. The first-order valence-corrected chi connectivity index (χ1v) is 4.68. The van der Waals surface area contributed by atoms with Crippen LogP contribution in [0.4, 0.5) is 0 Å². The highest BCUT2D eigenvalue weighted by molar-refractivity contribution is 6.25. The fourth-order valence-corrected chi connectivity index (χ4v) is 1.08. The van der Waals surface area contributed by atoms with Crippen molar-refractivity contribution in [1.29, 1.82) is 0 Å². The SMILES string of the molecule is C/C(=C/Cl)CNCc1ccc(C)o1. The van der Waals surface area contributed by atoms with Crippen LogP contribution in [-0.4, -0.2) is 6.54 Å². The molecule has 0 aliphatic rings. The van der Waals surface area contributed by atoms with E-state index in [1.165, 1.54) is 0 Å². The molecule has 0 aromatic carbocycles. The zero-order valence-corrected chi connectivity index (χ0v) is 8.69. The molecule has 0 radical (unpaired) electrons. The minimum atomic E-state index is 0.746. The highest BCUT2D eigenvalue weighted by Crippen LogP contribution is 2.05. The van der Waals surface area contributed by atoms with Gasteiger partial charge in [-0.25, -0.2) is 0 Å². The molecule has 1 heterocycles. The fraction of sp³-hybridized carbons (Fsp3) is 0.400. The molecular weight excluding hydrogens is 186 g/mol. The van der Waals surface area contributed by atoms with Gasteiger partial charge in [0.2, 0.25) is 0 Å². The zero-order chi connectivity index (χ0) is 9.68. The van der Waals surface area contributed by atoms with Gasteiger partial charge in [0.1, 0.15) is 11.5 Å². The van der Waals surface area contributed by atoms with Crippen molar-refractivity contribution >= 4 is 11.6 Å². The summed E-state index contributed by atoms with van der Waals surface area (Å²) in [6, 6.07) is 3.93. The van der Waals surface area contributed by atoms with Crippen LogP contribution in [0.15, 0.2) is 27.7 Å². The van der Waals surface area contributed by atoms with E-state index < -0.39 is 0 Å². The van der Waals surface area contributed by atoms with E-state index in [1.807, 2.05) is 26.0 Å². The second kappa shape index (κ2) is 5.10. The molecule has 3 heteroatoms. The first-order chi connectivity index (χ1) is 6.22. The molecule has 0 bridgehead atoms. The van der Waals surface area contributed by atoms with Crippen LogP contribution < -0.4 is 5.32 Å². The molecular formula is C10H14ClNO. The number of furan rings is 1. The van der Waals surface area contributed by atoms with E-state index in [2.05, 4.69) is 5.32 Å². The quantitative estimate of drug-likeness (QED) is 0.807. The van der Waals surface area contributed by atoms with Crippen LogP contribution in [0.1, 0.15) is 18.4 Å². The Morgan fingerprint density at radius 3 is 2.92 bits per heavy atom. The summed E-state index contributed by atoms with van der Waals surface area (Å²) in [6.07, 6.45) is 0. The van der Waals surface area contributed by atoms with Gasteiger partial charge in [-0.05, 0) is 31.6 Å². The lowest BCUT2D eigenvalue weighted by Gasteiger charge is -2.01. The topological polar surface area (TPSA) is 25.2 Å². The second-order valence-corrected chi connectivity index (χ2v) is 3.29. The molecule has 1 rings (SSSR count). The Labute approximate surface area is 83.6 Å². The summed E-state index contributed by atoms with van der Waals surface area (Å²) in [7, 11) is 0. The van der Waals surface area contributed by atoms with Gasteiger partial charge >= 0.3 is 0 Å². The van der Waals surface area contributed by atoms with E-state index in [4.69, 9.17) is 16.0 Å². The van der Waals surface area contributed by atoms with E-state index in [1.54, 1.807) is 5.54 Å². The molecule has 0 saturated heterocycles. The van der Waals surface area contributed by atoms with Gasteiger partial charge in [0.05, 0.1) is 6.54 Å². The number of rotatable bonds is 4. The number of halogens is 1. The third kappa shape index (κ3) is 3.66. The first kappa shape index (κ1) is 10.4. The Kier molecular flexibility index (Phi) is 4.06. The van der Waals surface area contributed by atoms with Crippen molar-refractivity contribution in [2.75, 3.05) is 6.54 Å². The molecule has 0 aliphatic carbocycles. The largest absolute Gasteiger partial charge is 0.465 e. The van der Waals surface area contributed by atoms with Crippen molar-refractivity contribution in [1.82, 2.24) is 5.32 Å². The zero-order valence-electron chi connectivity index (χ0n) is 7.93. The number of aryl methyl sites for hydroxylation is 1. The van der Waals surface area contributed by atoms with E-state index >= 15 is 0 Å². The van der Waals surface area contributed by atoms with Gasteiger partial charge in [-0.15, -0.1) is 0 Å². The van der Waals surface area contributed by atoms with Gasteiger partial charge in [-0.2, -0.15) is 0 Å². The van der Waals surface area contributed by atoms with Gasteiger partial charge in [-0.1, -0.05) is 11.6 Å². The molecule has 0 saturated carbocycles. The smallest absolute Gasteiger partial charge is 0.117 e.